The van der Waals surface area contributed by atoms with E-state index in [-0.39, 0.29) is 18.7 Å². The van der Waals surface area contributed by atoms with E-state index in [0.717, 1.165) is 18.9 Å². The number of halogens is 2. The van der Waals surface area contributed by atoms with Gasteiger partial charge in [-0.1, -0.05) is 11.6 Å². The van der Waals surface area contributed by atoms with Crippen molar-refractivity contribution in [1.82, 2.24) is 19.5 Å². The van der Waals surface area contributed by atoms with E-state index in [9.17, 15) is 5.11 Å². The van der Waals surface area contributed by atoms with Crippen LogP contribution in [-0.2, 0) is 9.47 Å². The van der Waals surface area contributed by atoms with Crippen LogP contribution in [0.2, 0.25) is 5.02 Å². The van der Waals surface area contributed by atoms with Gasteiger partial charge in [-0.05, 0) is 38.8 Å². The minimum absolute atomic E-state index is 0.0573. The van der Waals surface area contributed by atoms with Crippen molar-refractivity contribution < 1.29 is 19.0 Å². The molecule has 2 aliphatic rings. The van der Waals surface area contributed by atoms with E-state index in [4.69, 9.17) is 26.1 Å². The molecule has 11 heteroatoms. The maximum Gasteiger partial charge on any atom is 0.223 e. The summed E-state index contributed by atoms with van der Waals surface area (Å²) in [6, 6.07) is 3.11. The molecule has 2 aliphatic heterocycles. The monoisotopic (exact) mass is 504 g/mol. The zero-order chi connectivity index (χ0) is 24.5. The smallest absolute Gasteiger partial charge is 0.223 e. The summed E-state index contributed by atoms with van der Waals surface area (Å²) in [4.78, 5) is 15.7. The lowest BCUT2D eigenvalue weighted by atomic mass is 10.1. The highest BCUT2D eigenvalue weighted by Crippen LogP contribution is 2.34. The van der Waals surface area contributed by atoms with Gasteiger partial charge in [0.25, 0.3) is 0 Å². The van der Waals surface area contributed by atoms with Gasteiger partial charge in [-0.2, -0.15) is 0 Å². The van der Waals surface area contributed by atoms with Gasteiger partial charge in [0, 0.05) is 37.9 Å². The Labute approximate surface area is 208 Å². The fourth-order valence-corrected chi connectivity index (χ4v) is 4.85. The van der Waals surface area contributed by atoms with Crippen LogP contribution in [0.25, 0.3) is 22.3 Å². The van der Waals surface area contributed by atoms with Gasteiger partial charge >= 0.3 is 0 Å². The summed E-state index contributed by atoms with van der Waals surface area (Å²) in [7, 11) is 0. The van der Waals surface area contributed by atoms with Gasteiger partial charge in [0.2, 0.25) is 11.9 Å². The van der Waals surface area contributed by atoms with Gasteiger partial charge in [0.1, 0.15) is 5.52 Å². The van der Waals surface area contributed by atoms with E-state index in [1.54, 1.807) is 0 Å². The van der Waals surface area contributed by atoms with Crippen molar-refractivity contribution in [3.63, 3.8) is 0 Å². The molecule has 2 N–H and O–H groups in total. The van der Waals surface area contributed by atoms with Crippen molar-refractivity contribution in [2.24, 2.45) is 0 Å². The molecule has 188 valence electrons. The summed E-state index contributed by atoms with van der Waals surface area (Å²) >= 11 is 6.46. The number of aliphatic hydroxyl groups is 1. The molecule has 2 saturated heterocycles. The number of anilines is 2. The van der Waals surface area contributed by atoms with Crippen molar-refractivity contribution in [2.75, 3.05) is 49.7 Å². The normalized spacial score (nSPS) is 21.5. The van der Waals surface area contributed by atoms with E-state index in [1.165, 1.54) is 12.3 Å². The van der Waals surface area contributed by atoms with Crippen LogP contribution in [0.4, 0.5) is 16.3 Å². The Bertz CT molecular complexity index is 1200. The fourth-order valence-electron chi connectivity index (χ4n) is 4.65. The van der Waals surface area contributed by atoms with Crippen LogP contribution >= 0.6 is 11.6 Å². The lowest BCUT2D eigenvalue weighted by Crippen LogP contribution is -2.42. The number of hydrogen-bond donors (Lipinski definition) is 2. The number of hydrogen-bond acceptors (Lipinski definition) is 8. The minimum atomic E-state index is -0.663. The molecule has 0 unspecified atom stereocenters. The van der Waals surface area contributed by atoms with Crippen LogP contribution in [0, 0.1) is 5.82 Å². The van der Waals surface area contributed by atoms with Gasteiger partial charge in [-0.3, -0.25) is 0 Å². The van der Waals surface area contributed by atoms with E-state index in [2.05, 4.69) is 38.6 Å². The van der Waals surface area contributed by atoms with E-state index < -0.39 is 11.9 Å². The first-order valence-corrected chi connectivity index (χ1v) is 12.4. The Morgan fingerprint density at radius 3 is 2.83 bits per heavy atom. The van der Waals surface area contributed by atoms with Crippen molar-refractivity contribution in [1.29, 1.82) is 0 Å². The largest absolute Gasteiger partial charge is 0.389 e. The average molecular weight is 505 g/mol. The summed E-state index contributed by atoms with van der Waals surface area (Å²) in [5.74, 6) is 0.618. The topological polar surface area (TPSA) is 97.6 Å². The molecule has 0 amide bonds. The molecule has 35 heavy (non-hydrogen) atoms. The third kappa shape index (κ3) is 4.93. The lowest BCUT2D eigenvalue weighted by molar-refractivity contribution is -0.0136. The first kappa shape index (κ1) is 24.2. The predicted octanol–water partition coefficient (Wildman–Crippen LogP) is 3.66. The Morgan fingerprint density at radius 2 is 2.03 bits per heavy atom. The Hall–Kier alpha value is -2.53. The summed E-state index contributed by atoms with van der Waals surface area (Å²) in [5, 5.41) is 13.7. The number of nitrogens with zero attached hydrogens (tertiary/aromatic N) is 5. The standard InChI is InChI=1S/C24H30ClFN6O3/c1-14(2)32-19-11-15(10-17(26)22(19)30-24(32)31-5-3-7-34-9-6-31)21-16(25)12-27-23(29-21)28-18-4-8-35-13-20(18)33/h10-12,14,18,20,33H,3-9,13H2,1-2H3,(H,27,28,29)/t18-,20-/m1/s1. The van der Waals surface area contributed by atoms with E-state index >= 15 is 4.39 Å². The second kappa shape index (κ2) is 10.2. The van der Waals surface area contributed by atoms with Gasteiger partial charge in [-0.25, -0.2) is 19.3 Å². The molecule has 0 saturated carbocycles. The number of imidazole rings is 1. The highest BCUT2D eigenvalue weighted by molar-refractivity contribution is 6.33. The molecule has 2 aromatic heterocycles. The molecule has 2 fully saturated rings. The average Bonchev–Trinajstić information content (AvgIpc) is 3.02. The van der Waals surface area contributed by atoms with E-state index in [1.807, 2.05) is 6.07 Å². The summed E-state index contributed by atoms with van der Waals surface area (Å²) in [6.45, 7) is 7.75. The van der Waals surface area contributed by atoms with Gasteiger partial charge in [0.05, 0.1) is 47.8 Å². The van der Waals surface area contributed by atoms with Gasteiger partial charge < -0.3 is 29.4 Å². The fraction of sp³-hybridized carbons (Fsp3) is 0.542. The van der Waals surface area contributed by atoms with Crippen molar-refractivity contribution in [3.05, 3.63) is 29.2 Å². The minimum Gasteiger partial charge on any atom is -0.389 e. The summed E-state index contributed by atoms with van der Waals surface area (Å²) in [6.07, 6.45) is 2.34. The van der Waals surface area contributed by atoms with Crippen LogP contribution in [0.5, 0.6) is 0 Å². The molecule has 0 aliphatic carbocycles. The molecule has 1 aromatic carbocycles. The quantitative estimate of drug-likeness (QED) is 0.543. The number of fused-ring (bicyclic) bond motifs is 1. The van der Waals surface area contributed by atoms with Crippen molar-refractivity contribution in [3.8, 4) is 11.3 Å². The molecular formula is C24H30ClFN6O3. The molecule has 0 radical (unpaired) electrons. The third-order valence-corrected chi connectivity index (χ3v) is 6.69. The summed E-state index contributed by atoms with van der Waals surface area (Å²) in [5.41, 5.74) is 1.94. The van der Waals surface area contributed by atoms with Crippen LogP contribution in [-0.4, -0.2) is 76.3 Å². The van der Waals surface area contributed by atoms with Gasteiger partial charge in [-0.15, -0.1) is 0 Å². The van der Waals surface area contributed by atoms with Crippen molar-refractivity contribution in [2.45, 2.75) is 44.9 Å². The molecular weight excluding hydrogens is 475 g/mol. The number of aliphatic hydroxyl groups excluding tert-OH is 1. The van der Waals surface area contributed by atoms with E-state index in [0.29, 0.717) is 66.0 Å². The zero-order valence-electron chi connectivity index (χ0n) is 19.9. The highest BCUT2D eigenvalue weighted by atomic mass is 35.5. The molecule has 9 nitrogen and oxygen atoms in total. The zero-order valence-corrected chi connectivity index (χ0v) is 20.6. The van der Waals surface area contributed by atoms with Crippen LogP contribution < -0.4 is 10.2 Å². The number of benzene rings is 1. The first-order valence-electron chi connectivity index (χ1n) is 12.0. The van der Waals surface area contributed by atoms with Crippen LogP contribution in [0.1, 0.15) is 32.7 Å². The molecule has 4 heterocycles. The Balaban J connectivity index is 1.55. The third-order valence-electron chi connectivity index (χ3n) is 6.41. The number of rotatable bonds is 5. The van der Waals surface area contributed by atoms with Gasteiger partial charge in [0.15, 0.2) is 5.82 Å². The maximum absolute atomic E-state index is 15.4. The van der Waals surface area contributed by atoms with Crippen LogP contribution in [0.3, 0.4) is 0 Å². The molecule has 5 rings (SSSR count). The predicted molar refractivity (Wildman–Crippen MR) is 133 cm³/mol. The Morgan fingerprint density at radius 1 is 1.17 bits per heavy atom. The molecule has 3 aromatic rings. The summed E-state index contributed by atoms with van der Waals surface area (Å²) < 4.78 is 28.4. The molecule has 0 spiro atoms. The second-order valence-corrected chi connectivity index (χ2v) is 9.63. The Kier molecular flexibility index (Phi) is 7.06. The SMILES string of the molecule is CC(C)n1c(N2CCCOCC2)nc2c(F)cc(-c3nc(N[C@@H]4CCOC[C@H]4O)ncc3Cl)cc21. The lowest BCUT2D eigenvalue weighted by Gasteiger charge is -2.28. The first-order chi connectivity index (χ1) is 16.9. The molecule has 2 atom stereocenters. The highest BCUT2D eigenvalue weighted by Gasteiger charge is 2.26. The maximum atomic E-state index is 15.4. The number of ether oxygens (including phenoxy) is 2. The second-order valence-electron chi connectivity index (χ2n) is 9.23. The number of nitrogens with one attached hydrogen (secondary N) is 1. The van der Waals surface area contributed by atoms with Crippen molar-refractivity contribution >= 4 is 34.5 Å². The number of aromatic nitrogens is 4. The van der Waals surface area contributed by atoms with Crippen LogP contribution in [0.15, 0.2) is 18.3 Å². The molecule has 0 bridgehead atoms.